The molecule has 0 unspecified atom stereocenters. The van der Waals surface area contributed by atoms with Crippen molar-refractivity contribution >= 4 is 16.9 Å². The van der Waals surface area contributed by atoms with E-state index in [1.165, 1.54) is 17.7 Å². The van der Waals surface area contributed by atoms with Crippen molar-refractivity contribution in [1.29, 1.82) is 0 Å². The van der Waals surface area contributed by atoms with Crippen LogP contribution in [0.2, 0.25) is 0 Å². The molecule has 1 fully saturated rings. The van der Waals surface area contributed by atoms with Crippen molar-refractivity contribution in [2.75, 3.05) is 20.1 Å². The average molecular weight is 409 g/mol. The van der Waals surface area contributed by atoms with Gasteiger partial charge in [0, 0.05) is 38.5 Å². The number of imidazole rings is 1. The van der Waals surface area contributed by atoms with Crippen molar-refractivity contribution in [2.24, 2.45) is 0 Å². The summed E-state index contributed by atoms with van der Waals surface area (Å²) < 4.78 is 13.3. The van der Waals surface area contributed by atoms with Gasteiger partial charge in [-0.1, -0.05) is 30.3 Å². The number of likely N-dealkylation sites (tertiary alicyclic amines) is 1. The van der Waals surface area contributed by atoms with E-state index in [1.54, 1.807) is 6.07 Å². The molecule has 0 bridgehead atoms. The number of amides is 1. The maximum atomic E-state index is 13.3. The van der Waals surface area contributed by atoms with E-state index in [4.69, 9.17) is 0 Å². The Morgan fingerprint density at radius 1 is 1.20 bits per heavy atom. The van der Waals surface area contributed by atoms with Gasteiger partial charge in [-0.2, -0.15) is 0 Å². The van der Waals surface area contributed by atoms with Crippen LogP contribution in [0.4, 0.5) is 4.39 Å². The second-order valence-corrected chi connectivity index (χ2v) is 8.21. The quantitative estimate of drug-likeness (QED) is 0.639. The number of halogens is 1. The number of aryl methyl sites for hydroxylation is 1. The minimum atomic E-state index is -0.273. The number of carbonyl (C=O) groups excluding carboxylic acids is 1. The number of H-pyrrole nitrogens is 1. The minimum Gasteiger partial charge on any atom is -0.343 e. The first-order chi connectivity index (χ1) is 14.6. The van der Waals surface area contributed by atoms with Crippen molar-refractivity contribution in [1.82, 2.24) is 19.8 Å². The first kappa shape index (κ1) is 20.5. The summed E-state index contributed by atoms with van der Waals surface area (Å²) in [6.45, 7) is 2.60. The van der Waals surface area contributed by atoms with Crippen LogP contribution in [0.15, 0.2) is 48.5 Å². The Labute approximate surface area is 176 Å². The summed E-state index contributed by atoms with van der Waals surface area (Å²) in [5.74, 6) is 0.761. The number of nitrogens with one attached hydrogen (secondary N) is 1. The molecule has 1 saturated heterocycles. The third-order valence-electron chi connectivity index (χ3n) is 6.01. The zero-order valence-electron chi connectivity index (χ0n) is 17.5. The van der Waals surface area contributed by atoms with Gasteiger partial charge in [-0.25, -0.2) is 9.37 Å². The lowest BCUT2D eigenvalue weighted by atomic mass is 10.0. The van der Waals surface area contributed by atoms with Crippen molar-refractivity contribution in [3.05, 3.63) is 65.7 Å². The Hall–Kier alpha value is -2.73. The molecule has 0 atom stereocenters. The summed E-state index contributed by atoms with van der Waals surface area (Å²) >= 11 is 0. The van der Waals surface area contributed by atoms with Gasteiger partial charge in [0.1, 0.15) is 11.6 Å². The first-order valence-electron chi connectivity index (χ1n) is 10.7. The van der Waals surface area contributed by atoms with E-state index in [0.717, 1.165) is 50.2 Å². The molecule has 3 aromatic rings. The molecule has 1 N–H and O–H groups in total. The Morgan fingerprint density at radius 2 is 1.97 bits per heavy atom. The van der Waals surface area contributed by atoms with Gasteiger partial charge in [-0.05, 0) is 50.1 Å². The lowest BCUT2D eigenvalue weighted by Gasteiger charge is -2.37. The monoisotopic (exact) mass is 408 g/mol. The fourth-order valence-electron chi connectivity index (χ4n) is 4.27. The Kier molecular flexibility index (Phi) is 6.43. The molecule has 158 valence electrons. The highest BCUT2D eigenvalue weighted by molar-refractivity contribution is 5.76. The second-order valence-electron chi connectivity index (χ2n) is 8.21. The van der Waals surface area contributed by atoms with Gasteiger partial charge < -0.3 is 9.88 Å². The number of fused-ring (bicyclic) bond motifs is 1. The van der Waals surface area contributed by atoms with E-state index in [9.17, 15) is 9.18 Å². The molecule has 2 heterocycles. The molecule has 4 rings (SSSR count). The lowest BCUT2D eigenvalue weighted by molar-refractivity contribution is -0.132. The molecule has 5 nitrogen and oxygen atoms in total. The average Bonchev–Trinajstić information content (AvgIpc) is 3.16. The van der Waals surface area contributed by atoms with Crippen LogP contribution in [0.5, 0.6) is 0 Å². The fourth-order valence-corrected chi connectivity index (χ4v) is 4.27. The van der Waals surface area contributed by atoms with Gasteiger partial charge in [-0.15, -0.1) is 0 Å². The highest BCUT2D eigenvalue weighted by atomic mass is 19.1. The fraction of sp³-hybridized carbons (Fsp3) is 0.417. The topological polar surface area (TPSA) is 52.2 Å². The maximum Gasteiger partial charge on any atom is 0.222 e. The summed E-state index contributed by atoms with van der Waals surface area (Å²) in [5, 5.41) is 0. The molecule has 6 heteroatoms. The molecule has 1 aliphatic heterocycles. The van der Waals surface area contributed by atoms with E-state index in [2.05, 4.69) is 46.2 Å². The van der Waals surface area contributed by atoms with Crippen LogP contribution in [0.3, 0.4) is 0 Å². The zero-order valence-corrected chi connectivity index (χ0v) is 17.5. The third-order valence-corrected chi connectivity index (χ3v) is 6.01. The van der Waals surface area contributed by atoms with E-state index in [-0.39, 0.29) is 11.7 Å². The lowest BCUT2D eigenvalue weighted by Crippen LogP contribution is -2.45. The summed E-state index contributed by atoms with van der Waals surface area (Å²) in [5.41, 5.74) is 2.80. The largest absolute Gasteiger partial charge is 0.343 e. The smallest absolute Gasteiger partial charge is 0.222 e. The number of carbonyl (C=O) groups is 1. The molecule has 1 aromatic heterocycles. The minimum absolute atomic E-state index is 0.223. The van der Waals surface area contributed by atoms with Crippen LogP contribution in [0.1, 0.15) is 37.1 Å². The number of benzene rings is 2. The van der Waals surface area contributed by atoms with Crippen LogP contribution >= 0.6 is 0 Å². The molecular weight excluding hydrogens is 379 g/mol. The third kappa shape index (κ3) is 5.05. The molecule has 1 amide bonds. The molecule has 2 aromatic carbocycles. The number of rotatable bonds is 7. The number of hydrogen-bond acceptors (Lipinski definition) is 3. The van der Waals surface area contributed by atoms with Crippen molar-refractivity contribution in [3.8, 4) is 0 Å². The van der Waals surface area contributed by atoms with Gasteiger partial charge in [0.05, 0.1) is 11.0 Å². The van der Waals surface area contributed by atoms with Gasteiger partial charge >= 0.3 is 0 Å². The van der Waals surface area contributed by atoms with Crippen LogP contribution in [0.25, 0.3) is 11.0 Å². The standard InChI is InChI=1S/C24H29FN4O/c1-28(17-18-6-3-2-4-7-18)20-12-14-29(15-13-20)24(30)9-5-8-23-26-21-11-10-19(25)16-22(21)27-23/h2-4,6-7,10-11,16,20H,5,8-9,12-15,17H2,1H3,(H,26,27). The highest BCUT2D eigenvalue weighted by Gasteiger charge is 2.25. The van der Waals surface area contributed by atoms with Gasteiger partial charge in [0.25, 0.3) is 0 Å². The van der Waals surface area contributed by atoms with Crippen LogP contribution in [-0.2, 0) is 17.8 Å². The zero-order chi connectivity index (χ0) is 20.9. The SMILES string of the molecule is CN(Cc1ccccc1)C1CCN(C(=O)CCCc2nc3ccc(F)cc3[nH]2)CC1. The molecule has 30 heavy (non-hydrogen) atoms. The van der Waals surface area contributed by atoms with Gasteiger partial charge in [-0.3, -0.25) is 9.69 Å². The molecule has 0 spiro atoms. The molecule has 0 aliphatic carbocycles. The summed E-state index contributed by atoms with van der Waals surface area (Å²) in [4.78, 5) is 24.6. The normalized spacial score (nSPS) is 15.2. The van der Waals surface area contributed by atoms with Crippen LogP contribution < -0.4 is 0 Å². The molecule has 0 saturated carbocycles. The van der Waals surface area contributed by atoms with E-state index >= 15 is 0 Å². The van der Waals surface area contributed by atoms with Crippen molar-refractivity contribution < 1.29 is 9.18 Å². The maximum absolute atomic E-state index is 13.3. The number of piperidine rings is 1. The number of aromatic nitrogens is 2. The predicted octanol–water partition coefficient (Wildman–Crippen LogP) is 4.15. The first-order valence-corrected chi connectivity index (χ1v) is 10.7. The van der Waals surface area contributed by atoms with Crippen LogP contribution in [0, 0.1) is 5.82 Å². The van der Waals surface area contributed by atoms with E-state index < -0.39 is 0 Å². The van der Waals surface area contributed by atoms with Gasteiger partial charge in [0.15, 0.2) is 0 Å². The van der Waals surface area contributed by atoms with Gasteiger partial charge in [0.2, 0.25) is 5.91 Å². The van der Waals surface area contributed by atoms with E-state index in [1.807, 2.05) is 11.0 Å². The number of nitrogens with zero attached hydrogens (tertiary/aromatic N) is 3. The summed E-state index contributed by atoms with van der Waals surface area (Å²) in [6, 6.07) is 15.6. The molecule has 0 radical (unpaired) electrons. The summed E-state index contributed by atoms with van der Waals surface area (Å²) in [6.07, 6.45) is 4.00. The Balaban J connectivity index is 1.20. The highest BCUT2D eigenvalue weighted by Crippen LogP contribution is 2.19. The molecule has 1 aliphatic rings. The Morgan fingerprint density at radius 3 is 2.73 bits per heavy atom. The van der Waals surface area contributed by atoms with Crippen LogP contribution in [-0.4, -0.2) is 51.9 Å². The summed E-state index contributed by atoms with van der Waals surface area (Å²) in [7, 11) is 2.17. The molecular formula is C24H29FN4O. The van der Waals surface area contributed by atoms with E-state index in [0.29, 0.717) is 24.4 Å². The Bertz CT molecular complexity index is 979. The number of hydrogen-bond donors (Lipinski definition) is 1. The second kappa shape index (κ2) is 9.39. The number of aromatic amines is 1. The predicted molar refractivity (Wildman–Crippen MR) is 117 cm³/mol. The van der Waals surface area contributed by atoms with Crippen molar-refractivity contribution in [3.63, 3.8) is 0 Å². The van der Waals surface area contributed by atoms with Crippen molar-refractivity contribution in [2.45, 2.75) is 44.7 Å².